The Balaban J connectivity index is 1.25. The molecule has 1 amide bonds. The van der Waals surface area contributed by atoms with Crippen LogP contribution < -0.4 is 9.47 Å². The lowest BCUT2D eigenvalue weighted by molar-refractivity contribution is -0.688. The summed E-state index contributed by atoms with van der Waals surface area (Å²) in [5, 5.41) is 0. The van der Waals surface area contributed by atoms with Gasteiger partial charge in [-0.1, -0.05) is 58.0 Å². The highest BCUT2D eigenvalue weighted by Crippen LogP contribution is 2.27. The molecule has 0 unspecified atom stereocenters. The molecule has 4 aromatic rings. The molecule has 2 aromatic carbocycles. The summed E-state index contributed by atoms with van der Waals surface area (Å²) in [4.78, 5) is 23.6. The van der Waals surface area contributed by atoms with Crippen LogP contribution in [0.15, 0.2) is 85.5 Å². The Morgan fingerprint density at radius 1 is 0.887 bits per heavy atom. The first kappa shape index (κ1) is 40.5. The molecule has 0 bridgehead atoms. The van der Waals surface area contributed by atoms with Gasteiger partial charge in [0.1, 0.15) is 24.6 Å². The summed E-state index contributed by atoms with van der Waals surface area (Å²) >= 11 is 0. The quantitative estimate of drug-likeness (QED) is 0.0531. The highest BCUT2D eigenvalue weighted by molar-refractivity contribution is 6.53. The maximum Gasteiger partial charge on any atom is 0.679 e. The third-order valence-electron chi connectivity index (χ3n) is 9.61. The molecule has 286 valence electrons. The zero-order chi connectivity index (χ0) is 37.8. The molecule has 1 saturated heterocycles. The lowest BCUT2D eigenvalue weighted by atomic mass is 9.95. The average Bonchev–Trinajstić information content (AvgIpc) is 3.82. The van der Waals surface area contributed by atoms with Gasteiger partial charge in [-0.25, -0.2) is 9.13 Å². The van der Waals surface area contributed by atoms with Gasteiger partial charge in [-0.05, 0) is 106 Å². The van der Waals surface area contributed by atoms with Gasteiger partial charge in [0.15, 0.2) is 0 Å². The van der Waals surface area contributed by atoms with E-state index in [-0.39, 0.29) is 11.9 Å². The second-order valence-corrected chi connectivity index (χ2v) is 16.4. The molecule has 1 aliphatic heterocycles. The Morgan fingerprint density at radius 3 is 2.19 bits per heavy atom. The molecule has 10 nitrogen and oxygen atoms in total. The van der Waals surface area contributed by atoms with Gasteiger partial charge >= 0.3 is 9.05 Å². The van der Waals surface area contributed by atoms with E-state index in [1.54, 1.807) is 0 Å². The van der Waals surface area contributed by atoms with Gasteiger partial charge in [0.05, 0.1) is 17.4 Å². The van der Waals surface area contributed by atoms with Crippen LogP contribution in [-0.4, -0.2) is 75.0 Å². The summed E-state index contributed by atoms with van der Waals surface area (Å²) in [6, 6.07) is 22.8. The van der Waals surface area contributed by atoms with E-state index in [1.807, 2.05) is 56.0 Å². The normalized spacial score (nSPS) is 15.2. The first-order chi connectivity index (χ1) is 25.6. The molecule has 3 heterocycles. The number of nitrogens with zero attached hydrogens (tertiary/aromatic N) is 5. The number of likely N-dealkylation sites (tertiary alicyclic amines) is 1. The van der Waals surface area contributed by atoms with E-state index in [9.17, 15) is 4.79 Å². The number of rotatable bonds is 20. The summed E-state index contributed by atoms with van der Waals surface area (Å²) in [7, 11) is -3.23. The van der Waals surface area contributed by atoms with E-state index < -0.39 is 9.05 Å². The number of amides is 1. The number of anilines is 1. The summed E-state index contributed by atoms with van der Waals surface area (Å²) < 4.78 is 28.1. The number of carbonyl (C=O) groups excluding carboxylic acids is 1. The fraction of sp³-hybridized carbons (Fsp3) is 0.500. The third-order valence-corrected chi connectivity index (χ3v) is 12.1. The van der Waals surface area contributed by atoms with E-state index in [1.165, 1.54) is 16.8 Å². The number of aromatic nitrogens is 3. The van der Waals surface area contributed by atoms with Crippen molar-refractivity contribution in [2.75, 3.05) is 44.4 Å². The van der Waals surface area contributed by atoms with Gasteiger partial charge in [0.2, 0.25) is 12.2 Å². The minimum absolute atomic E-state index is 0.104. The van der Waals surface area contributed by atoms with Crippen molar-refractivity contribution in [3.8, 4) is 5.69 Å². The van der Waals surface area contributed by atoms with Crippen LogP contribution in [0.3, 0.4) is 0 Å². The van der Waals surface area contributed by atoms with Crippen molar-refractivity contribution in [3.05, 3.63) is 108 Å². The topological polar surface area (TPSA) is 82.2 Å². The van der Waals surface area contributed by atoms with Crippen LogP contribution >= 0.6 is 0 Å². The molecule has 1 fully saturated rings. The largest absolute Gasteiger partial charge is 0.679 e. The van der Waals surface area contributed by atoms with Crippen molar-refractivity contribution < 1.29 is 27.1 Å². The zero-order valence-electron chi connectivity index (χ0n) is 32.9. The van der Waals surface area contributed by atoms with Crippen molar-refractivity contribution in [1.29, 1.82) is 0 Å². The minimum Gasteiger partial charge on any atom is -0.351 e. The van der Waals surface area contributed by atoms with Crippen LogP contribution in [0.2, 0.25) is 0 Å². The molecule has 11 heteroatoms. The Kier molecular flexibility index (Phi) is 14.9. The Morgan fingerprint density at radius 2 is 1.55 bits per heavy atom. The highest BCUT2D eigenvalue weighted by atomic mass is 28.4. The minimum atomic E-state index is -3.23. The molecular weight excluding hydrogens is 683 g/mol. The highest BCUT2D eigenvalue weighted by Gasteiger charge is 2.45. The van der Waals surface area contributed by atoms with E-state index in [4.69, 9.17) is 22.7 Å². The SMILES string of the molecule is CCO[Si](OCC)(OCC)OCCCN(C(=O)[C@@H]1CCCN1Cc1cccc(C[n+]2ccn(-c3cc(C(C)C)cc(C(C)C)c3)c2)n1)c1ccccc1. The maximum atomic E-state index is 14.3. The number of imidazole rings is 1. The van der Waals surface area contributed by atoms with Gasteiger partial charge in [-0.3, -0.25) is 14.7 Å². The van der Waals surface area contributed by atoms with Gasteiger partial charge in [-0.2, -0.15) is 0 Å². The molecule has 1 atom stereocenters. The van der Waals surface area contributed by atoms with E-state index in [0.29, 0.717) is 64.3 Å². The van der Waals surface area contributed by atoms with Gasteiger partial charge in [0, 0.05) is 45.2 Å². The Bertz CT molecular complexity index is 1690. The number of para-hydroxylation sites is 1. The lowest BCUT2D eigenvalue weighted by Crippen LogP contribution is -2.50. The summed E-state index contributed by atoms with van der Waals surface area (Å²) in [6.07, 6.45) is 8.76. The predicted octanol–water partition coefficient (Wildman–Crippen LogP) is 7.40. The zero-order valence-corrected chi connectivity index (χ0v) is 33.9. The second kappa shape index (κ2) is 19.6. The monoisotopic (exact) mass is 742 g/mol. The van der Waals surface area contributed by atoms with Crippen molar-refractivity contribution in [1.82, 2.24) is 14.5 Å². The molecule has 1 aliphatic rings. The first-order valence-electron chi connectivity index (χ1n) is 19.5. The van der Waals surface area contributed by atoms with Crippen LogP contribution in [0.1, 0.15) is 102 Å². The van der Waals surface area contributed by atoms with E-state index in [2.05, 4.69) is 96.8 Å². The molecule has 0 spiro atoms. The van der Waals surface area contributed by atoms with Crippen LogP contribution in [-0.2, 0) is 35.6 Å². The molecule has 2 aromatic heterocycles. The van der Waals surface area contributed by atoms with Crippen LogP contribution in [0, 0.1) is 0 Å². The molecule has 0 radical (unpaired) electrons. The maximum absolute atomic E-state index is 14.3. The lowest BCUT2D eigenvalue weighted by Gasteiger charge is -2.31. The van der Waals surface area contributed by atoms with Crippen LogP contribution in [0.4, 0.5) is 5.69 Å². The Hall–Kier alpha value is -3.71. The van der Waals surface area contributed by atoms with Crippen molar-refractivity contribution in [2.24, 2.45) is 0 Å². The Labute approximate surface area is 318 Å². The number of hydrogen-bond acceptors (Lipinski definition) is 7. The number of carbonyl (C=O) groups is 1. The van der Waals surface area contributed by atoms with Gasteiger partial charge < -0.3 is 22.6 Å². The van der Waals surface area contributed by atoms with Crippen LogP contribution in [0.25, 0.3) is 5.69 Å². The summed E-state index contributed by atoms with van der Waals surface area (Å²) in [5.41, 5.74) is 6.72. The molecule has 5 rings (SSSR count). The predicted molar refractivity (Wildman–Crippen MR) is 211 cm³/mol. The fourth-order valence-electron chi connectivity index (χ4n) is 6.87. The van der Waals surface area contributed by atoms with Crippen LogP contribution in [0.5, 0.6) is 0 Å². The summed E-state index contributed by atoms with van der Waals surface area (Å²) in [6.45, 7) is 19.0. The molecular formula is C42H60N5O5Si+. The molecule has 0 saturated carbocycles. The number of hydrogen-bond donors (Lipinski definition) is 0. The smallest absolute Gasteiger partial charge is 0.351 e. The number of pyridine rings is 1. The van der Waals surface area contributed by atoms with E-state index in [0.717, 1.165) is 36.5 Å². The van der Waals surface area contributed by atoms with E-state index >= 15 is 0 Å². The standard InChI is InChI=1S/C42H60N5O5Si/c1-8-49-53(50-9-2,51-10-3)52-26-16-23-47(39-19-12-11-13-20-39)42(48)41-21-15-22-45(41)31-38-18-14-17-37(43-38)30-44-24-25-46(32-44)40-28-35(33(4)5)27-36(29-40)34(6)7/h11-14,17-20,24-25,27-29,32-34,41H,8-10,15-16,21-23,26,30-31H2,1-7H3/q+1/t41-/m0/s1. The first-order valence-corrected chi connectivity index (χ1v) is 21.1. The van der Waals surface area contributed by atoms with Gasteiger partial charge in [-0.15, -0.1) is 0 Å². The molecule has 53 heavy (non-hydrogen) atoms. The average molecular weight is 743 g/mol. The third kappa shape index (κ3) is 10.9. The van der Waals surface area contributed by atoms with Crippen molar-refractivity contribution >= 4 is 20.6 Å². The number of benzene rings is 2. The fourth-order valence-corrected chi connectivity index (χ4v) is 8.82. The van der Waals surface area contributed by atoms with Crippen molar-refractivity contribution in [3.63, 3.8) is 0 Å². The molecule has 0 aliphatic carbocycles. The van der Waals surface area contributed by atoms with Crippen molar-refractivity contribution in [2.45, 2.75) is 98.7 Å². The summed E-state index contributed by atoms with van der Waals surface area (Å²) in [5.74, 6) is 1.03. The molecule has 0 N–H and O–H groups in total. The van der Waals surface area contributed by atoms with Gasteiger partial charge in [0.25, 0.3) is 0 Å². The second-order valence-electron chi connectivity index (χ2n) is 14.2.